The fourth-order valence-corrected chi connectivity index (χ4v) is 2.64. The normalized spacial score (nSPS) is 12.8. The summed E-state index contributed by atoms with van der Waals surface area (Å²) in [6, 6.07) is 8.59. The number of carbonyl (C=O) groups is 1. The predicted molar refractivity (Wildman–Crippen MR) is 90.4 cm³/mol. The molecule has 1 aliphatic rings. The highest BCUT2D eigenvalue weighted by Gasteiger charge is 2.15. The number of hydrogen-bond donors (Lipinski definition) is 1. The van der Waals surface area contributed by atoms with Crippen molar-refractivity contribution in [3.05, 3.63) is 59.3 Å². The fourth-order valence-electron chi connectivity index (χ4n) is 2.48. The Kier molecular flexibility index (Phi) is 4.07. The molecule has 0 aliphatic carbocycles. The summed E-state index contributed by atoms with van der Waals surface area (Å²) in [5.74, 6) is 1.75. The lowest BCUT2D eigenvalue weighted by atomic mass is 10.2. The Morgan fingerprint density at radius 2 is 2.04 bits per heavy atom. The van der Waals surface area contributed by atoms with E-state index < -0.39 is 0 Å². The summed E-state index contributed by atoms with van der Waals surface area (Å²) in [5, 5.41) is 7.39. The van der Waals surface area contributed by atoms with Gasteiger partial charge < -0.3 is 19.2 Å². The highest BCUT2D eigenvalue weighted by Crippen LogP contribution is 2.32. The van der Waals surface area contributed by atoms with Crippen LogP contribution in [-0.4, -0.2) is 28.9 Å². The molecule has 0 bridgehead atoms. The fraction of sp³-hybridized carbons (Fsp3) is 0.176. The molecule has 128 valence electrons. The van der Waals surface area contributed by atoms with Crippen molar-refractivity contribution in [1.82, 2.24) is 9.78 Å². The predicted octanol–water partition coefficient (Wildman–Crippen LogP) is 3.20. The number of aromatic nitrogens is 2. The molecular formula is C17H14ClN3O4. The van der Waals surface area contributed by atoms with E-state index >= 15 is 0 Å². The number of benzene rings is 1. The highest BCUT2D eigenvalue weighted by atomic mass is 35.5. The molecule has 4 rings (SSSR count). The molecule has 0 unspecified atom stereocenters. The van der Waals surface area contributed by atoms with Gasteiger partial charge in [-0.25, -0.2) is 0 Å². The zero-order valence-corrected chi connectivity index (χ0v) is 13.8. The third-order valence-electron chi connectivity index (χ3n) is 3.61. The molecule has 3 heterocycles. The molecule has 7 nitrogen and oxygen atoms in total. The second-order valence-electron chi connectivity index (χ2n) is 5.43. The van der Waals surface area contributed by atoms with Gasteiger partial charge in [-0.05, 0) is 24.3 Å². The van der Waals surface area contributed by atoms with Crippen LogP contribution in [0.2, 0.25) is 5.02 Å². The third kappa shape index (κ3) is 3.46. The molecule has 0 fully saturated rings. The maximum absolute atomic E-state index is 12.3. The molecule has 1 aromatic carbocycles. The largest absolute Gasteiger partial charge is 0.486 e. The van der Waals surface area contributed by atoms with Crippen molar-refractivity contribution in [3.63, 3.8) is 0 Å². The van der Waals surface area contributed by atoms with Crippen molar-refractivity contribution in [3.8, 4) is 11.5 Å². The SMILES string of the molecule is O=C(Nc1ccc2c(c1)OCCO2)c1ccc(Cn2cc(Cl)cn2)o1. The maximum Gasteiger partial charge on any atom is 0.291 e. The van der Waals surface area contributed by atoms with Gasteiger partial charge in [0.2, 0.25) is 0 Å². The summed E-state index contributed by atoms with van der Waals surface area (Å²) >= 11 is 5.83. The molecule has 25 heavy (non-hydrogen) atoms. The first-order chi connectivity index (χ1) is 12.2. The third-order valence-corrected chi connectivity index (χ3v) is 3.80. The van der Waals surface area contributed by atoms with Gasteiger partial charge in [0.1, 0.15) is 19.0 Å². The van der Waals surface area contributed by atoms with E-state index in [0.29, 0.717) is 47.7 Å². The number of ether oxygens (including phenoxy) is 2. The lowest BCUT2D eigenvalue weighted by Crippen LogP contribution is -2.16. The molecule has 1 amide bonds. The van der Waals surface area contributed by atoms with E-state index in [1.165, 1.54) is 0 Å². The molecule has 0 atom stereocenters. The Bertz CT molecular complexity index is 918. The minimum atomic E-state index is -0.346. The van der Waals surface area contributed by atoms with Crippen molar-refractivity contribution in [1.29, 1.82) is 0 Å². The lowest BCUT2D eigenvalue weighted by Gasteiger charge is -2.18. The second kappa shape index (κ2) is 6.52. The van der Waals surface area contributed by atoms with E-state index in [1.807, 2.05) is 0 Å². The number of furan rings is 1. The van der Waals surface area contributed by atoms with Gasteiger partial charge in [-0.3, -0.25) is 9.48 Å². The summed E-state index contributed by atoms with van der Waals surface area (Å²) < 4.78 is 18.2. The molecule has 0 saturated heterocycles. The molecular weight excluding hydrogens is 346 g/mol. The Morgan fingerprint density at radius 1 is 1.20 bits per heavy atom. The molecule has 2 aromatic heterocycles. The van der Waals surface area contributed by atoms with Crippen LogP contribution in [0.15, 0.2) is 47.1 Å². The standard InChI is InChI=1S/C17H14ClN3O4/c18-11-8-19-21(9-11)10-13-2-4-15(25-13)17(22)20-12-1-3-14-16(7-12)24-6-5-23-14/h1-4,7-9H,5-6,10H2,(H,20,22). The molecule has 0 saturated carbocycles. The van der Waals surface area contributed by atoms with Gasteiger partial charge in [-0.2, -0.15) is 5.10 Å². The van der Waals surface area contributed by atoms with E-state index in [2.05, 4.69) is 10.4 Å². The number of nitrogens with one attached hydrogen (secondary N) is 1. The van der Waals surface area contributed by atoms with Crippen molar-refractivity contribution in [2.75, 3.05) is 18.5 Å². The zero-order chi connectivity index (χ0) is 17.2. The summed E-state index contributed by atoms with van der Waals surface area (Å²) in [5.41, 5.74) is 0.603. The zero-order valence-electron chi connectivity index (χ0n) is 13.1. The maximum atomic E-state index is 12.3. The molecule has 3 aromatic rings. The van der Waals surface area contributed by atoms with Crippen LogP contribution in [0.5, 0.6) is 11.5 Å². The van der Waals surface area contributed by atoms with E-state index in [4.69, 9.17) is 25.5 Å². The monoisotopic (exact) mass is 359 g/mol. The Balaban J connectivity index is 1.44. The molecule has 1 N–H and O–H groups in total. The van der Waals surface area contributed by atoms with Crippen LogP contribution in [0.1, 0.15) is 16.3 Å². The Morgan fingerprint density at radius 3 is 2.84 bits per heavy atom. The number of carbonyl (C=O) groups excluding carboxylic acids is 1. The van der Waals surface area contributed by atoms with Crippen LogP contribution in [0.4, 0.5) is 5.69 Å². The van der Waals surface area contributed by atoms with E-state index in [0.717, 1.165) is 0 Å². The summed E-state index contributed by atoms with van der Waals surface area (Å²) in [6.45, 7) is 1.41. The number of fused-ring (bicyclic) bond motifs is 1. The van der Waals surface area contributed by atoms with Crippen molar-refractivity contribution >= 4 is 23.2 Å². The smallest absolute Gasteiger partial charge is 0.291 e. The first-order valence-electron chi connectivity index (χ1n) is 7.65. The van der Waals surface area contributed by atoms with Crippen molar-refractivity contribution in [2.45, 2.75) is 6.54 Å². The minimum absolute atomic E-state index is 0.211. The van der Waals surface area contributed by atoms with Crippen LogP contribution in [0.3, 0.4) is 0 Å². The number of hydrogen-bond acceptors (Lipinski definition) is 5. The second-order valence-corrected chi connectivity index (χ2v) is 5.87. The number of rotatable bonds is 4. The molecule has 0 spiro atoms. The van der Waals surface area contributed by atoms with Gasteiger partial charge in [-0.15, -0.1) is 0 Å². The summed E-state index contributed by atoms with van der Waals surface area (Å²) in [7, 11) is 0. The van der Waals surface area contributed by atoms with Gasteiger partial charge in [0.25, 0.3) is 5.91 Å². The summed E-state index contributed by atoms with van der Waals surface area (Å²) in [6.07, 6.45) is 3.22. The number of amides is 1. The molecule has 8 heteroatoms. The van der Waals surface area contributed by atoms with Crippen molar-refractivity contribution < 1.29 is 18.7 Å². The van der Waals surface area contributed by atoms with Gasteiger partial charge >= 0.3 is 0 Å². The summed E-state index contributed by atoms with van der Waals surface area (Å²) in [4.78, 5) is 12.3. The van der Waals surface area contributed by atoms with Gasteiger partial charge in [0, 0.05) is 18.0 Å². The van der Waals surface area contributed by atoms with E-state index in [-0.39, 0.29) is 11.7 Å². The van der Waals surface area contributed by atoms with E-state index in [9.17, 15) is 4.79 Å². The first-order valence-corrected chi connectivity index (χ1v) is 8.03. The van der Waals surface area contributed by atoms with Crippen LogP contribution in [0.25, 0.3) is 0 Å². The van der Waals surface area contributed by atoms with Crippen LogP contribution < -0.4 is 14.8 Å². The lowest BCUT2D eigenvalue weighted by molar-refractivity contribution is 0.0994. The molecule has 1 aliphatic heterocycles. The highest BCUT2D eigenvalue weighted by molar-refractivity contribution is 6.30. The molecule has 0 radical (unpaired) electrons. The van der Waals surface area contributed by atoms with Gasteiger partial charge in [-0.1, -0.05) is 11.6 Å². The average molecular weight is 360 g/mol. The van der Waals surface area contributed by atoms with Gasteiger partial charge in [0.05, 0.1) is 17.8 Å². The van der Waals surface area contributed by atoms with E-state index in [1.54, 1.807) is 47.4 Å². The average Bonchev–Trinajstić information content (AvgIpc) is 3.24. The number of anilines is 1. The minimum Gasteiger partial charge on any atom is -0.486 e. The quantitative estimate of drug-likeness (QED) is 0.774. The number of halogens is 1. The topological polar surface area (TPSA) is 78.5 Å². The number of nitrogens with zero attached hydrogens (tertiary/aromatic N) is 2. The van der Waals surface area contributed by atoms with Crippen LogP contribution >= 0.6 is 11.6 Å². The van der Waals surface area contributed by atoms with Crippen LogP contribution in [0, 0.1) is 0 Å². The van der Waals surface area contributed by atoms with Crippen LogP contribution in [-0.2, 0) is 6.54 Å². The first kappa shape index (κ1) is 15.6. The van der Waals surface area contributed by atoms with Crippen molar-refractivity contribution in [2.24, 2.45) is 0 Å². The Hall–Kier alpha value is -2.93. The van der Waals surface area contributed by atoms with Gasteiger partial charge in [0.15, 0.2) is 17.3 Å². The Labute approximate surface area is 148 Å².